The van der Waals surface area contributed by atoms with Gasteiger partial charge in [-0.3, -0.25) is 10.1 Å². The van der Waals surface area contributed by atoms with Crippen molar-refractivity contribution in [2.75, 3.05) is 0 Å². The minimum absolute atomic E-state index is 0.223. The summed E-state index contributed by atoms with van der Waals surface area (Å²) >= 11 is 13.4. The van der Waals surface area contributed by atoms with Gasteiger partial charge in [-0.15, -0.1) is 11.3 Å². The van der Waals surface area contributed by atoms with Crippen LogP contribution in [0, 0.1) is 10.1 Å². The van der Waals surface area contributed by atoms with Gasteiger partial charge in [0.25, 0.3) is 0 Å². The second-order valence-electron chi connectivity index (χ2n) is 5.58. The molecule has 0 atom stereocenters. The lowest BCUT2D eigenvalue weighted by Crippen LogP contribution is -2.11. The van der Waals surface area contributed by atoms with Crippen LogP contribution in [0.4, 0.5) is 11.6 Å². The van der Waals surface area contributed by atoms with E-state index in [0.717, 1.165) is 0 Å². The van der Waals surface area contributed by atoms with Gasteiger partial charge in [-0.05, 0) is 36.4 Å². The van der Waals surface area contributed by atoms with Crippen LogP contribution in [0.1, 0.15) is 5.76 Å². The van der Waals surface area contributed by atoms with E-state index in [2.05, 4.69) is 10.1 Å². The molecule has 0 fully saturated rings. The fourth-order valence-electron chi connectivity index (χ4n) is 2.37. The lowest BCUT2D eigenvalue weighted by atomic mass is 10.3. The number of furan rings is 2. The van der Waals surface area contributed by atoms with Crippen molar-refractivity contribution >= 4 is 52.3 Å². The Morgan fingerprint density at radius 3 is 2.72 bits per heavy atom. The van der Waals surface area contributed by atoms with Crippen LogP contribution in [0.15, 0.2) is 73.0 Å². The van der Waals surface area contributed by atoms with Gasteiger partial charge in [-0.25, -0.2) is 9.67 Å². The molecule has 0 radical (unpaired) electrons. The Labute approximate surface area is 177 Å². The van der Waals surface area contributed by atoms with Crippen LogP contribution in [-0.4, -0.2) is 15.8 Å². The van der Waals surface area contributed by atoms with Crippen LogP contribution in [0.3, 0.4) is 0 Å². The number of hydrogen-bond acceptors (Lipinski definition) is 7. The summed E-state index contributed by atoms with van der Waals surface area (Å²) in [6, 6.07) is 11.3. The zero-order valence-electron chi connectivity index (χ0n) is 14.4. The molecule has 29 heavy (non-hydrogen) atoms. The van der Waals surface area contributed by atoms with Crippen LogP contribution in [0.2, 0.25) is 10.0 Å². The molecule has 4 rings (SSSR count). The molecule has 3 aromatic heterocycles. The SMILES string of the molecule is O=[N+]([O-])c1ccc(C=Nn2c(-c3ccco3)csc2=Nc2ccc(Cl)c(Cl)c2)o1. The molecule has 0 saturated heterocycles. The first kappa shape index (κ1) is 19.2. The van der Waals surface area contributed by atoms with Gasteiger partial charge in [-0.1, -0.05) is 23.2 Å². The maximum atomic E-state index is 10.8. The van der Waals surface area contributed by atoms with E-state index >= 15 is 0 Å². The molecule has 0 bridgehead atoms. The summed E-state index contributed by atoms with van der Waals surface area (Å²) < 4.78 is 12.1. The number of hydrogen-bond donors (Lipinski definition) is 0. The maximum absolute atomic E-state index is 10.8. The van der Waals surface area contributed by atoms with Crippen molar-refractivity contribution in [2.24, 2.45) is 10.1 Å². The maximum Gasteiger partial charge on any atom is 0.433 e. The average Bonchev–Trinajstić information content (AvgIpc) is 3.43. The molecule has 0 unspecified atom stereocenters. The van der Waals surface area contributed by atoms with Crippen LogP contribution in [0.25, 0.3) is 11.5 Å². The predicted molar refractivity (Wildman–Crippen MR) is 110 cm³/mol. The lowest BCUT2D eigenvalue weighted by molar-refractivity contribution is -0.402. The number of aromatic nitrogens is 1. The van der Waals surface area contributed by atoms with Gasteiger partial charge >= 0.3 is 5.88 Å². The van der Waals surface area contributed by atoms with Crippen LogP contribution >= 0.6 is 34.5 Å². The van der Waals surface area contributed by atoms with E-state index in [0.29, 0.717) is 32.0 Å². The van der Waals surface area contributed by atoms with Crippen LogP contribution in [-0.2, 0) is 0 Å². The zero-order chi connectivity index (χ0) is 20.4. The normalized spacial score (nSPS) is 12.1. The van der Waals surface area contributed by atoms with Gasteiger partial charge < -0.3 is 8.83 Å². The summed E-state index contributed by atoms with van der Waals surface area (Å²) in [5.41, 5.74) is 1.24. The number of benzene rings is 1. The molecule has 146 valence electrons. The highest BCUT2D eigenvalue weighted by Crippen LogP contribution is 2.27. The fraction of sp³-hybridized carbons (Fsp3) is 0. The largest absolute Gasteiger partial charge is 0.463 e. The second-order valence-corrected chi connectivity index (χ2v) is 7.23. The highest BCUT2D eigenvalue weighted by Gasteiger charge is 2.12. The van der Waals surface area contributed by atoms with Crippen molar-refractivity contribution in [3.8, 4) is 11.5 Å². The molecule has 4 aromatic rings. The summed E-state index contributed by atoms with van der Waals surface area (Å²) in [6.07, 6.45) is 2.91. The molecule has 0 saturated carbocycles. The molecule has 0 aliphatic rings. The van der Waals surface area contributed by atoms with Crippen molar-refractivity contribution in [3.05, 3.63) is 84.8 Å². The van der Waals surface area contributed by atoms with Gasteiger partial charge in [0.15, 0.2) is 11.5 Å². The number of rotatable bonds is 5. The van der Waals surface area contributed by atoms with Crippen LogP contribution < -0.4 is 4.80 Å². The van der Waals surface area contributed by atoms with Crippen molar-refractivity contribution in [1.29, 1.82) is 0 Å². The Kier molecular flexibility index (Phi) is 5.34. The van der Waals surface area contributed by atoms with E-state index in [1.54, 1.807) is 41.3 Å². The van der Waals surface area contributed by atoms with Gasteiger partial charge in [-0.2, -0.15) is 5.10 Å². The van der Waals surface area contributed by atoms with E-state index in [-0.39, 0.29) is 11.6 Å². The van der Waals surface area contributed by atoms with Crippen molar-refractivity contribution in [1.82, 2.24) is 4.68 Å². The van der Waals surface area contributed by atoms with E-state index < -0.39 is 4.92 Å². The second kappa shape index (κ2) is 8.08. The first-order chi connectivity index (χ1) is 14.0. The quantitative estimate of drug-likeness (QED) is 0.221. The number of thiazole rings is 1. The third-order valence-electron chi connectivity index (χ3n) is 3.68. The number of halogens is 2. The Hall–Kier alpha value is -3.14. The average molecular weight is 449 g/mol. The highest BCUT2D eigenvalue weighted by molar-refractivity contribution is 7.07. The Balaban J connectivity index is 1.80. The first-order valence-electron chi connectivity index (χ1n) is 8.04. The minimum atomic E-state index is -0.617. The summed E-state index contributed by atoms with van der Waals surface area (Å²) in [5, 5.41) is 17.8. The highest BCUT2D eigenvalue weighted by atomic mass is 35.5. The number of nitrogens with zero attached hydrogens (tertiary/aromatic N) is 4. The molecule has 0 spiro atoms. The summed E-state index contributed by atoms with van der Waals surface area (Å²) in [7, 11) is 0. The molecular formula is C18H10Cl2N4O4S. The molecule has 11 heteroatoms. The topological polar surface area (TPSA) is 99.1 Å². The Morgan fingerprint density at radius 1 is 1.17 bits per heavy atom. The van der Waals surface area contributed by atoms with Gasteiger partial charge in [0.05, 0.1) is 34.3 Å². The molecule has 0 aliphatic carbocycles. The smallest absolute Gasteiger partial charge is 0.433 e. The number of nitro groups is 1. The molecular weight excluding hydrogens is 439 g/mol. The van der Waals surface area contributed by atoms with E-state index in [1.807, 2.05) is 5.38 Å². The van der Waals surface area contributed by atoms with E-state index in [4.69, 9.17) is 32.0 Å². The Morgan fingerprint density at radius 2 is 2.03 bits per heavy atom. The summed E-state index contributed by atoms with van der Waals surface area (Å²) in [5.74, 6) is 0.439. The van der Waals surface area contributed by atoms with E-state index in [1.165, 1.54) is 29.7 Å². The summed E-state index contributed by atoms with van der Waals surface area (Å²) in [4.78, 5) is 15.2. The predicted octanol–water partition coefficient (Wildman–Crippen LogP) is 5.73. The monoisotopic (exact) mass is 448 g/mol. The minimum Gasteiger partial charge on any atom is -0.463 e. The fourth-order valence-corrected chi connectivity index (χ4v) is 3.50. The third-order valence-corrected chi connectivity index (χ3v) is 5.24. The van der Waals surface area contributed by atoms with Crippen molar-refractivity contribution < 1.29 is 13.8 Å². The molecule has 0 amide bonds. The van der Waals surface area contributed by atoms with Crippen LogP contribution in [0.5, 0.6) is 0 Å². The third kappa shape index (κ3) is 4.16. The first-order valence-corrected chi connectivity index (χ1v) is 9.67. The van der Waals surface area contributed by atoms with Gasteiger partial charge in [0.1, 0.15) is 10.6 Å². The molecule has 0 N–H and O–H groups in total. The molecule has 1 aromatic carbocycles. The standard InChI is InChI=1S/C18H10Cl2N4O4S/c19-13-5-3-11(8-14(13)20)22-18-23(15(10-29-18)16-2-1-7-27-16)21-9-12-4-6-17(28-12)24(25)26/h1-10H. The molecule has 8 nitrogen and oxygen atoms in total. The lowest BCUT2D eigenvalue weighted by Gasteiger charge is -2.00. The van der Waals surface area contributed by atoms with E-state index in [9.17, 15) is 10.1 Å². The summed E-state index contributed by atoms with van der Waals surface area (Å²) in [6.45, 7) is 0. The van der Waals surface area contributed by atoms with Gasteiger partial charge in [0, 0.05) is 5.38 Å². The molecule has 3 heterocycles. The van der Waals surface area contributed by atoms with Crippen molar-refractivity contribution in [2.45, 2.75) is 0 Å². The zero-order valence-corrected chi connectivity index (χ0v) is 16.7. The van der Waals surface area contributed by atoms with Gasteiger partial charge in [0.2, 0.25) is 4.80 Å². The Bertz CT molecular complexity index is 1270. The molecule has 0 aliphatic heterocycles. The van der Waals surface area contributed by atoms with Crippen molar-refractivity contribution in [3.63, 3.8) is 0 Å².